The Morgan fingerprint density at radius 1 is 1.05 bits per heavy atom. The van der Waals surface area contributed by atoms with E-state index in [9.17, 15) is 0 Å². The zero-order valence-electron chi connectivity index (χ0n) is 10.8. The van der Waals surface area contributed by atoms with Crippen LogP contribution in [0.1, 0.15) is 24.1 Å². The molecule has 0 fully saturated rings. The molecule has 19 heavy (non-hydrogen) atoms. The fourth-order valence-corrected chi connectivity index (χ4v) is 2.23. The molecule has 0 aromatic heterocycles. The second-order valence-electron chi connectivity index (χ2n) is 4.15. The Hall–Kier alpha value is -1.36. The van der Waals surface area contributed by atoms with Crippen LogP contribution in [0.3, 0.4) is 0 Å². The minimum absolute atomic E-state index is 0.0243. The molecule has 0 aliphatic rings. The van der Waals surface area contributed by atoms with Crippen LogP contribution in [0.4, 0.5) is 0 Å². The number of hydrogen-bond acceptors (Lipinski definition) is 3. The van der Waals surface area contributed by atoms with E-state index in [1.54, 1.807) is 0 Å². The summed E-state index contributed by atoms with van der Waals surface area (Å²) in [5.41, 5.74) is 5.07. The van der Waals surface area contributed by atoms with Crippen molar-refractivity contribution in [3.63, 3.8) is 0 Å². The third-order valence-corrected chi connectivity index (χ3v) is 3.42. The van der Waals surface area contributed by atoms with Crippen molar-refractivity contribution in [1.82, 2.24) is 5.43 Å². The number of ether oxygens (including phenoxy) is 1. The Morgan fingerprint density at radius 3 is 2.05 bits per heavy atom. The van der Waals surface area contributed by atoms with E-state index >= 15 is 0 Å². The smallest absolute Gasteiger partial charge is 0.119 e. The lowest BCUT2D eigenvalue weighted by molar-refractivity contribution is 0.340. The molecule has 0 amide bonds. The maximum absolute atomic E-state index is 5.68. The van der Waals surface area contributed by atoms with E-state index in [1.165, 1.54) is 0 Å². The van der Waals surface area contributed by atoms with Crippen LogP contribution in [0.2, 0.25) is 0 Å². The monoisotopic (exact) mass is 320 g/mol. The summed E-state index contributed by atoms with van der Waals surface area (Å²) in [5.74, 6) is 6.55. The highest BCUT2D eigenvalue weighted by Gasteiger charge is 2.12. The molecular formula is C15H17BrN2O. The first-order valence-electron chi connectivity index (χ1n) is 6.19. The topological polar surface area (TPSA) is 47.3 Å². The molecule has 3 N–H and O–H groups in total. The Balaban J connectivity index is 2.23. The molecule has 2 aromatic rings. The zero-order chi connectivity index (χ0) is 13.7. The van der Waals surface area contributed by atoms with Crippen LogP contribution in [-0.4, -0.2) is 6.61 Å². The lowest BCUT2D eigenvalue weighted by Crippen LogP contribution is -2.28. The molecule has 2 rings (SSSR count). The van der Waals surface area contributed by atoms with Crippen LogP contribution in [0, 0.1) is 0 Å². The molecule has 0 heterocycles. The van der Waals surface area contributed by atoms with Gasteiger partial charge in [-0.1, -0.05) is 40.2 Å². The minimum atomic E-state index is -0.0243. The Labute approximate surface area is 121 Å². The number of hydrogen-bond donors (Lipinski definition) is 2. The van der Waals surface area contributed by atoms with E-state index in [-0.39, 0.29) is 6.04 Å². The van der Waals surface area contributed by atoms with E-state index in [0.29, 0.717) is 6.61 Å². The average Bonchev–Trinajstić information content (AvgIpc) is 2.44. The van der Waals surface area contributed by atoms with Crippen molar-refractivity contribution < 1.29 is 4.74 Å². The molecule has 0 aliphatic heterocycles. The molecule has 4 heteroatoms. The van der Waals surface area contributed by atoms with E-state index in [2.05, 4.69) is 21.4 Å². The highest BCUT2D eigenvalue weighted by Crippen LogP contribution is 2.24. The van der Waals surface area contributed by atoms with Crippen molar-refractivity contribution in [2.75, 3.05) is 6.61 Å². The van der Waals surface area contributed by atoms with Gasteiger partial charge in [0.1, 0.15) is 5.75 Å². The molecule has 0 saturated carbocycles. The number of rotatable bonds is 5. The van der Waals surface area contributed by atoms with Crippen LogP contribution in [-0.2, 0) is 0 Å². The summed E-state index contributed by atoms with van der Waals surface area (Å²) in [6, 6.07) is 16.1. The van der Waals surface area contributed by atoms with Crippen LogP contribution < -0.4 is 16.0 Å². The lowest BCUT2D eigenvalue weighted by atomic mass is 9.99. The van der Waals surface area contributed by atoms with Gasteiger partial charge in [0.15, 0.2) is 0 Å². The van der Waals surface area contributed by atoms with Crippen molar-refractivity contribution in [3.05, 3.63) is 64.1 Å². The molecule has 2 aromatic carbocycles. The van der Waals surface area contributed by atoms with Gasteiger partial charge in [-0.25, -0.2) is 5.43 Å². The summed E-state index contributed by atoms with van der Waals surface area (Å²) in [7, 11) is 0. The third-order valence-electron chi connectivity index (χ3n) is 2.89. The van der Waals surface area contributed by atoms with E-state index in [0.717, 1.165) is 21.3 Å². The van der Waals surface area contributed by atoms with E-state index in [4.69, 9.17) is 10.6 Å². The maximum Gasteiger partial charge on any atom is 0.119 e. The van der Waals surface area contributed by atoms with Crippen molar-refractivity contribution >= 4 is 15.9 Å². The molecule has 0 bridgehead atoms. The third kappa shape index (κ3) is 3.56. The van der Waals surface area contributed by atoms with Crippen LogP contribution in [0.15, 0.2) is 53.0 Å². The van der Waals surface area contributed by atoms with Crippen LogP contribution >= 0.6 is 15.9 Å². The van der Waals surface area contributed by atoms with Gasteiger partial charge in [-0.05, 0) is 42.3 Å². The van der Waals surface area contributed by atoms with Gasteiger partial charge >= 0.3 is 0 Å². The van der Waals surface area contributed by atoms with Gasteiger partial charge in [0, 0.05) is 4.47 Å². The molecule has 1 unspecified atom stereocenters. The molecule has 0 spiro atoms. The lowest BCUT2D eigenvalue weighted by Gasteiger charge is -2.17. The van der Waals surface area contributed by atoms with Crippen molar-refractivity contribution in [1.29, 1.82) is 0 Å². The first-order valence-corrected chi connectivity index (χ1v) is 6.98. The second kappa shape index (κ2) is 6.70. The Kier molecular flexibility index (Phi) is 4.96. The number of benzene rings is 2. The predicted molar refractivity (Wildman–Crippen MR) is 80.9 cm³/mol. The average molecular weight is 321 g/mol. The SMILES string of the molecule is CCOc1ccc(C(NN)c2ccc(Br)cc2)cc1. The molecule has 3 nitrogen and oxygen atoms in total. The largest absolute Gasteiger partial charge is 0.494 e. The van der Waals surface area contributed by atoms with Gasteiger partial charge in [0.25, 0.3) is 0 Å². The van der Waals surface area contributed by atoms with Gasteiger partial charge in [0.05, 0.1) is 12.6 Å². The standard InChI is InChI=1S/C15H17BrN2O/c1-2-19-14-9-5-12(6-10-14)15(18-17)11-3-7-13(16)8-4-11/h3-10,15,18H,2,17H2,1H3. The molecule has 0 saturated heterocycles. The van der Waals surface area contributed by atoms with Gasteiger partial charge in [-0.3, -0.25) is 5.84 Å². The fourth-order valence-electron chi connectivity index (χ4n) is 1.96. The number of hydrazine groups is 1. The Bertz CT molecular complexity index is 511. The fraction of sp³-hybridized carbons (Fsp3) is 0.200. The van der Waals surface area contributed by atoms with E-state index < -0.39 is 0 Å². The number of nitrogens with two attached hydrogens (primary N) is 1. The predicted octanol–water partition coefficient (Wildman–Crippen LogP) is 3.40. The number of nitrogens with one attached hydrogen (secondary N) is 1. The van der Waals surface area contributed by atoms with Gasteiger partial charge < -0.3 is 4.74 Å². The van der Waals surface area contributed by atoms with E-state index in [1.807, 2.05) is 55.5 Å². The van der Waals surface area contributed by atoms with Gasteiger partial charge in [-0.2, -0.15) is 0 Å². The molecule has 0 radical (unpaired) electrons. The molecular weight excluding hydrogens is 304 g/mol. The molecule has 100 valence electrons. The summed E-state index contributed by atoms with van der Waals surface area (Å²) in [6.07, 6.45) is 0. The van der Waals surface area contributed by atoms with Crippen molar-refractivity contribution in [3.8, 4) is 5.75 Å². The first kappa shape index (κ1) is 14.1. The normalized spacial score (nSPS) is 12.2. The summed E-state index contributed by atoms with van der Waals surface area (Å²) >= 11 is 3.43. The number of halogens is 1. The van der Waals surface area contributed by atoms with Crippen molar-refractivity contribution in [2.24, 2.45) is 5.84 Å². The van der Waals surface area contributed by atoms with Crippen molar-refractivity contribution in [2.45, 2.75) is 13.0 Å². The van der Waals surface area contributed by atoms with Gasteiger partial charge in [0.2, 0.25) is 0 Å². The summed E-state index contributed by atoms with van der Waals surface area (Å²) in [5, 5.41) is 0. The van der Waals surface area contributed by atoms with Crippen LogP contribution in [0.25, 0.3) is 0 Å². The summed E-state index contributed by atoms with van der Waals surface area (Å²) in [4.78, 5) is 0. The second-order valence-corrected chi connectivity index (χ2v) is 5.07. The molecule has 0 aliphatic carbocycles. The summed E-state index contributed by atoms with van der Waals surface area (Å²) < 4.78 is 6.49. The highest BCUT2D eigenvalue weighted by molar-refractivity contribution is 9.10. The van der Waals surface area contributed by atoms with Crippen LogP contribution in [0.5, 0.6) is 5.75 Å². The minimum Gasteiger partial charge on any atom is -0.494 e. The quantitative estimate of drug-likeness (QED) is 0.655. The maximum atomic E-state index is 5.68. The molecule has 1 atom stereocenters. The van der Waals surface area contributed by atoms with Gasteiger partial charge in [-0.15, -0.1) is 0 Å². The zero-order valence-corrected chi connectivity index (χ0v) is 12.4. The Morgan fingerprint density at radius 2 is 1.58 bits per heavy atom. The summed E-state index contributed by atoms with van der Waals surface area (Å²) in [6.45, 7) is 2.64. The first-order chi connectivity index (χ1) is 9.24. The highest BCUT2D eigenvalue weighted by atomic mass is 79.9.